The third-order valence-corrected chi connectivity index (χ3v) is 5.10. The lowest BCUT2D eigenvalue weighted by Gasteiger charge is -2.27. The SMILES string of the molecule is CCC(C)C(NC(=O)C(N)Cc1cnc[nH]1)C(=O)NC(CO)C(=O)NC(CS)C(=O)O. The summed E-state index contributed by atoms with van der Waals surface area (Å²) in [6.07, 6.45) is 3.71. The van der Waals surface area contributed by atoms with Crippen molar-refractivity contribution in [3.63, 3.8) is 0 Å². The number of carbonyl (C=O) groups excluding carboxylic acids is 3. The van der Waals surface area contributed by atoms with E-state index in [-0.39, 0.29) is 18.1 Å². The fraction of sp³-hybridized carbons (Fsp3) is 0.611. The van der Waals surface area contributed by atoms with E-state index < -0.39 is 54.5 Å². The number of rotatable bonds is 13. The van der Waals surface area contributed by atoms with E-state index >= 15 is 0 Å². The summed E-state index contributed by atoms with van der Waals surface area (Å²) in [6.45, 7) is 2.79. The Kier molecular flexibility index (Phi) is 11.0. The van der Waals surface area contributed by atoms with Gasteiger partial charge in [0.2, 0.25) is 17.7 Å². The molecule has 0 aliphatic carbocycles. The van der Waals surface area contributed by atoms with Crippen LogP contribution in [0.25, 0.3) is 0 Å². The van der Waals surface area contributed by atoms with E-state index in [9.17, 15) is 24.3 Å². The number of aliphatic carboxylic acids is 1. The Morgan fingerprint density at radius 3 is 2.29 bits per heavy atom. The number of hydrogen-bond donors (Lipinski definition) is 8. The second kappa shape index (κ2) is 12.9. The number of hydrogen-bond acceptors (Lipinski definition) is 8. The number of H-pyrrole nitrogens is 1. The number of carboxylic acid groups (broad SMARTS) is 1. The van der Waals surface area contributed by atoms with E-state index in [1.165, 1.54) is 12.5 Å². The van der Waals surface area contributed by atoms with E-state index in [0.29, 0.717) is 12.1 Å². The number of nitrogens with zero attached hydrogens (tertiary/aromatic N) is 1. The van der Waals surface area contributed by atoms with Crippen LogP contribution in [0.5, 0.6) is 0 Å². The number of carbonyl (C=O) groups is 4. The molecule has 1 aromatic rings. The lowest BCUT2D eigenvalue weighted by atomic mass is 9.97. The van der Waals surface area contributed by atoms with Gasteiger partial charge in [-0.1, -0.05) is 20.3 Å². The summed E-state index contributed by atoms with van der Waals surface area (Å²) < 4.78 is 0. The van der Waals surface area contributed by atoms with Crippen LogP contribution < -0.4 is 21.7 Å². The molecule has 1 aromatic heterocycles. The minimum Gasteiger partial charge on any atom is -0.480 e. The summed E-state index contributed by atoms with van der Waals surface area (Å²) in [4.78, 5) is 55.3. The predicted octanol–water partition coefficient (Wildman–Crippen LogP) is -2.21. The lowest BCUT2D eigenvalue weighted by molar-refractivity contribution is -0.142. The fourth-order valence-corrected chi connectivity index (χ4v) is 2.85. The second-order valence-corrected chi connectivity index (χ2v) is 7.45. The molecule has 0 saturated carbocycles. The van der Waals surface area contributed by atoms with Crippen LogP contribution in [0.1, 0.15) is 26.0 Å². The van der Waals surface area contributed by atoms with E-state index in [2.05, 4.69) is 38.5 Å². The average molecular weight is 459 g/mol. The van der Waals surface area contributed by atoms with Crippen LogP contribution in [-0.4, -0.2) is 80.4 Å². The van der Waals surface area contributed by atoms with E-state index in [1.807, 2.05) is 6.92 Å². The molecule has 12 nitrogen and oxygen atoms in total. The molecule has 5 atom stereocenters. The number of aliphatic hydroxyl groups is 1. The maximum atomic E-state index is 12.8. The Balaban J connectivity index is 2.82. The van der Waals surface area contributed by atoms with Crippen molar-refractivity contribution in [2.45, 2.75) is 50.9 Å². The van der Waals surface area contributed by atoms with Crippen LogP contribution in [-0.2, 0) is 25.6 Å². The van der Waals surface area contributed by atoms with Crippen LogP contribution >= 0.6 is 12.6 Å². The van der Waals surface area contributed by atoms with Gasteiger partial charge in [0.1, 0.15) is 18.1 Å². The third-order valence-electron chi connectivity index (χ3n) is 4.74. The molecule has 0 bridgehead atoms. The molecule has 8 N–H and O–H groups in total. The number of amides is 3. The molecule has 0 spiro atoms. The van der Waals surface area contributed by atoms with Crippen LogP contribution in [0.15, 0.2) is 12.5 Å². The van der Waals surface area contributed by atoms with Crippen LogP contribution in [0, 0.1) is 5.92 Å². The van der Waals surface area contributed by atoms with Crippen molar-refractivity contribution in [3.8, 4) is 0 Å². The summed E-state index contributed by atoms with van der Waals surface area (Å²) in [5.74, 6) is -3.95. The highest BCUT2D eigenvalue weighted by atomic mass is 32.1. The van der Waals surface area contributed by atoms with Gasteiger partial charge >= 0.3 is 5.97 Å². The molecule has 174 valence electrons. The molecule has 31 heavy (non-hydrogen) atoms. The molecule has 0 fully saturated rings. The normalized spacial score (nSPS) is 15.8. The van der Waals surface area contributed by atoms with Gasteiger partial charge < -0.3 is 36.9 Å². The number of aliphatic hydroxyl groups excluding tert-OH is 1. The minimum absolute atomic E-state index is 0.174. The van der Waals surface area contributed by atoms with Gasteiger partial charge in [0.05, 0.1) is 19.0 Å². The molecule has 0 aliphatic heterocycles. The standard InChI is InChI=1S/C18H30N6O6S/c1-3-9(2)14(24-15(26)11(19)4-10-5-20-8-21-10)17(28)22-12(6-25)16(27)23-13(7-31)18(29)30/h5,8-9,11-14,25,31H,3-4,6-7,19H2,1-2H3,(H,20,21)(H,22,28)(H,23,27)(H,24,26)(H,29,30). The Labute approximate surface area is 185 Å². The quantitative estimate of drug-likeness (QED) is 0.152. The molecule has 0 radical (unpaired) electrons. The monoisotopic (exact) mass is 458 g/mol. The predicted molar refractivity (Wildman–Crippen MR) is 114 cm³/mol. The molecule has 0 aliphatic rings. The summed E-state index contributed by atoms with van der Waals surface area (Å²) in [6, 6.07) is -4.65. The maximum Gasteiger partial charge on any atom is 0.327 e. The highest BCUT2D eigenvalue weighted by Gasteiger charge is 2.32. The zero-order valence-electron chi connectivity index (χ0n) is 17.4. The van der Waals surface area contributed by atoms with Gasteiger partial charge in [-0.3, -0.25) is 14.4 Å². The molecule has 13 heteroatoms. The van der Waals surface area contributed by atoms with Crippen molar-refractivity contribution in [3.05, 3.63) is 18.2 Å². The van der Waals surface area contributed by atoms with Crippen molar-refractivity contribution in [1.82, 2.24) is 25.9 Å². The van der Waals surface area contributed by atoms with Crippen LogP contribution in [0.4, 0.5) is 0 Å². The molecule has 0 aromatic carbocycles. The number of aromatic nitrogens is 2. The van der Waals surface area contributed by atoms with Crippen molar-refractivity contribution in [1.29, 1.82) is 0 Å². The summed E-state index contributed by atoms with van der Waals surface area (Å²) in [7, 11) is 0. The number of thiol groups is 1. The van der Waals surface area contributed by atoms with Gasteiger partial charge in [0, 0.05) is 24.1 Å². The first-order valence-electron chi connectivity index (χ1n) is 9.72. The number of nitrogens with two attached hydrogens (primary N) is 1. The number of aromatic amines is 1. The Morgan fingerprint density at radius 1 is 1.16 bits per heavy atom. The van der Waals surface area contributed by atoms with Crippen LogP contribution in [0.2, 0.25) is 0 Å². The zero-order valence-corrected chi connectivity index (χ0v) is 18.3. The van der Waals surface area contributed by atoms with E-state index in [1.54, 1.807) is 6.92 Å². The Morgan fingerprint density at radius 2 is 1.81 bits per heavy atom. The molecule has 1 rings (SSSR count). The van der Waals surface area contributed by atoms with Gasteiger partial charge in [0.25, 0.3) is 0 Å². The second-order valence-electron chi connectivity index (χ2n) is 7.08. The Hall–Kier alpha value is -2.64. The minimum atomic E-state index is -1.41. The lowest BCUT2D eigenvalue weighted by Crippen LogP contribution is -2.59. The Bertz CT molecular complexity index is 746. The first kappa shape index (κ1) is 26.4. The smallest absolute Gasteiger partial charge is 0.327 e. The fourth-order valence-electron chi connectivity index (χ4n) is 2.60. The average Bonchev–Trinajstić information content (AvgIpc) is 3.25. The van der Waals surface area contributed by atoms with Gasteiger partial charge in [0.15, 0.2) is 0 Å². The van der Waals surface area contributed by atoms with Gasteiger partial charge in [-0.05, 0) is 5.92 Å². The molecular formula is C18H30N6O6S. The van der Waals surface area contributed by atoms with Crippen molar-refractivity contribution in [2.24, 2.45) is 11.7 Å². The number of nitrogens with one attached hydrogen (secondary N) is 4. The van der Waals surface area contributed by atoms with Crippen molar-refractivity contribution in [2.75, 3.05) is 12.4 Å². The first-order valence-corrected chi connectivity index (χ1v) is 10.4. The largest absolute Gasteiger partial charge is 0.480 e. The molecule has 1 heterocycles. The number of carboxylic acids is 1. The summed E-state index contributed by atoms with van der Waals surface area (Å²) >= 11 is 3.85. The van der Waals surface area contributed by atoms with Gasteiger partial charge in [-0.2, -0.15) is 12.6 Å². The summed E-state index contributed by atoms with van der Waals surface area (Å²) in [5, 5.41) is 25.6. The topological polar surface area (TPSA) is 200 Å². The molecule has 3 amide bonds. The highest BCUT2D eigenvalue weighted by Crippen LogP contribution is 2.09. The van der Waals surface area contributed by atoms with Crippen LogP contribution in [0.3, 0.4) is 0 Å². The van der Waals surface area contributed by atoms with Gasteiger partial charge in [-0.25, -0.2) is 9.78 Å². The van der Waals surface area contributed by atoms with Crippen molar-refractivity contribution < 1.29 is 29.4 Å². The van der Waals surface area contributed by atoms with E-state index in [0.717, 1.165) is 0 Å². The first-order chi connectivity index (χ1) is 14.6. The highest BCUT2D eigenvalue weighted by molar-refractivity contribution is 7.80. The maximum absolute atomic E-state index is 12.8. The number of imidazole rings is 1. The molecule has 5 unspecified atom stereocenters. The van der Waals surface area contributed by atoms with Gasteiger partial charge in [-0.15, -0.1) is 0 Å². The molecular weight excluding hydrogens is 428 g/mol. The molecule has 0 saturated heterocycles. The zero-order chi connectivity index (χ0) is 23.6. The summed E-state index contributed by atoms with van der Waals surface area (Å²) in [5.41, 5.74) is 6.57. The third kappa shape index (κ3) is 8.19. The van der Waals surface area contributed by atoms with E-state index in [4.69, 9.17) is 10.8 Å². The van der Waals surface area contributed by atoms with Crippen molar-refractivity contribution >= 4 is 36.3 Å².